The Balaban J connectivity index is -0.000000261. The molecule has 10 nitrogen and oxygen atoms in total. The van der Waals surface area contributed by atoms with Gasteiger partial charge in [0.1, 0.15) is 12.2 Å². The van der Waals surface area contributed by atoms with Crippen LogP contribution in [0, 0.1) is 0 Å². The predicted octanol–water partition coefficient (Wildman–Crippen LogP) is -2.83. The summed E-state index contributed by atoms with van der Waals surface area (Å²) in [6, 6.07) is 0. The van der Waals surface area contributed by atoms with E-state index in [0.717, 1.165) is 0 Å². The number of hydrogen-bond donors (Lipinski definition) is 7. The van der Waals surface area contributed by atoms with Crippen LogP contribution in [0.1, 0.15) is 13.8 Å². The smallest absolute Gasteiger partial charge is 0.332 e. The van der Waals surface area contributed by atoms with Crippen molar-refractivity contribution in [3.05, 3.63) is 0 Å². The van der Waals surface area contributed by atoms with E-state index >= 15 is 0 Å². The number of aliphatic hydroxyl groups excluding tert-OH is 5. The maximum Gasteiger partial charge on any atom is 0.332 e. The number of carboxylic acids is 2. The fourth-order valence-corrected chi connectivity index (χ4v) is 0.760. The molecule has 0 saturated heterocycles. The first kappa shape index (κ1) is 25.6. The molecular weight excluding hydrogens is 302 g/mol. The molecule has 0 fully saturated rings. The molecule has 0 aliphatic carbocycles. The summed E-state index contributed by atoms with van der Waals surface area (Å²) in [5.41, 5.74) is 0. The first-order valence-corrected chi connectivity index (χ1v) is 6.50. The van der Waals surface area contributed by atoms with Gasteiger partial charge in [0.2, 0.25) is 0 Å². The van der Waals surface area contributed by atoms with Crippen molar-refractivity contribution in [3.63, 3.8) is 0 Å². The minimum atomic E-state index is -1.23. The molecule has 2 atom stereocenters. The Bertz CT molecular complexity index is 239. The van der Waals surface area contributed by atoms with Gasteiger partial charge in [-0.15, -0.1) is 0 Å². The highest BCUT2D eigenvalue weighted by atomic mass is 16.4. The molecule has 0 aromatic rings. The summed E-state index contributed by atoms with van der Waals surface area (Å²) < 4.78 is 0. The average molecular weight is 329 g/mol. The summed E-state index contributed by atoms with van der Waals surface area (Å²) in [6.07, 6.45) is -2.46. The first-order chi connectivity index (χ1) is 10.1. The van der Waals surface area contributed by atoms with Crippen LogP contribution in [0.25, 0.3) is 0 Å². The zero-order chi connectivity index (χ0) is 18.1. The molecule has 0 rings (SSSR count). The molecule has 0 radical (unpaired) electrons. The van der Waals surface area contributed by atoms with Gasteiger partial charge in [-0.3, -0.25) is 4.90 Å². The topological polar surface area (TPSA) is 179 Å². The SMILES string of the molecule is CC(O)C(=O)O.CC(O)C(=O)O.OCCN(CCO)CCO. The summed E-state index contributed by atoms with van der Waals surface area (Å²) in [6.45, 7) is 4.15. The average Bonchev–Trinajstić information content (AvgIpc) is 2.40. The molecule has 0 amide bonds. The van der Waals surface area contributed by atoms with Crippen LogP contribution < -0.4 is 0 Å². The molecule has 0 spiro atoms. The maximum atomic E-state index is 9.45. The number of carbonyl (C=O) groups is 2. The van der Waals surface area contributed by atoms with Crippen molar-refractivity contribution in [1.82, 2.24) is 4.90 Å². The van der Waals surface area contributed by atoms with E-state index in [-0.39, 0.29) is 19.8 Å². The van der Waals surface area contributed by atoms with E-state index in [2.05, 4.69) is 0 Å². The minimum absolute atomic E-state index is 0.0694. The molecule has 0 aliphatic heterocycles. The minimum Gasteiger partial charge on any atom is -0.479 e. The lowest BCUT2D eigenvalue weighted by Gasteiger charge is -2.17. The first-order valence-electron chi connectivity index (χ1n) is 6.50. The lowest BCUT2D eigenvalue weighted by atomic mass is 10.4. The van der Waals surface area contributed by atoms with E-state index in [0.29, 0.717) is 19.6 Å². The van der Waals surface area contributed by atoms with Crippen molar-refractivity contribution in [2.24, 2.45) is 0 Å². The molecule has 10 heteroatoms. The summed E-state index contributed by atoms with van der Waals surface area (Å²) in [4.78, 5) is 20.7. The van der Waals surface area contributed by atoms with E-state index in [4.69, 9.17) is 35.7 Å². The van der Waals surface area contributed by atoms with Crippen molar-refractivity contribution in [2.75, 3.05) is 39.5 Å². The lowest BCUT2D eigenvalue weighted by Crippen LogP contribution is -2.32. The molecule has 0 bridgehead atoms. The molecule has 2 unspecified atom stereocenters. The molecule has 22 heavy (non-hydrogen) atoms. The summed E-state index contributed by atoms with van der Waals surface area (Å²) >= 11 is 0. The molecule has 0 aromatic carbocycles. The summed E-state index contributed by atoms with van der Waals surface area (Å²) in [5.74, 6) is -2.37. The van der Waals surface area contributed by atoms with Crippen LogP contribution >= 0.6 is 0 Å². The van der Waals surface area contributed by atoms with Gasteiger partial charge in [-0.1, -0.05) is 0 Å². The van der Waals surface area contributed by atoms with Crippen molar-refractivity contribution in [3.8, 4) is 0 Å². The number of aliphatic carboxylic acids is 2. The Morgan fingerprint density at radius 3 is 1.05 bits per heavy atom. The molecule has 0 aromatic heterocycles. The largest absolute Gasteiger partial charge is 0.479 e. The number of carboxylic acid groups (broad SMARTS) is 2. The van der Waals surface area contributed by atoms with Crippen LogP contribution in [0.3, 0.4) is 0 Å². The van der Waals surface area contributed by atoms with Gasteiger partial charge in [0.15, 0.2) is 0 Å². The maximum absolute atomic E-state index is 9.45. The van der Waals surface area contributed by atoms with Crippen molar-refractivity contribution < 1.29 is 45.3 Å². The monoisotopic (exact) mass is 329 g/mol. The van der Waals surface area contributed by atoms with E-state index in [1.807, 2.05) is 0 Å². The van der Waals surface area contributed by atoms with Gasteiger partial charge in [-0.05, 0) is 13.8 Å². The van der Waals surface area contributed by atoms with Crippen LogP contribution in [-0.2, 0) is 9.59 Å². The van der Waals surface area contributed by atoms with Gasteiger partial charge < -0.3 is 35.7 Å². The zero-order valence-electron chi connectivity index (χ0n) is 12.8. The van der Waals surface area contributed by atoms with Gasteiger partial charge in [0.05, 0.1) is 19.8 Å². The van der Waals surface area contributed by atoms with Crippen LogP contribution in [0.5, 0.6) is 0 Å². The molecule has 0 heterocycles. The van der Waals surface area contributed by atoms with Gasteiger partial charge in [0, 0.05) is 19.6 Å². The van der Waals surface area contributed by atoms with E-state index < -0.39 is 24.1 Å². The van der Waals surface area contributed by atoms with E-state index in [9.17, 15) is 9.59 Å². The van der Waals surface area contributed by atoms with Crippen LogP contribution in [-0.4, -0.2) is 104 Å². The summed E-state index contributed by atoms with van der Waals surface area (Å²) in [5, 5.41) is 57.0. The normalized spacial score (nSPS) is 12.4. The van der Waals surface area contributed by atoms with E-state index in [1.54, 1.807) is 4.90 Å². The van der Waals surface area contributed by atoms with Crippen molar-refractivity contribution >= 4 is 11.9 Å². The molecule has 7 N–H and O–H groups in total. The Morgan fingerprint density at radius 1 is 0.773 bits per heavy atom. The second kappa shape index (κ2) is 17.8. The highest BCUT2D eigenvalue weighted by Crippen LogP contribution is 1.84. The van der Waals surface area contributed by atoms with Crippen LogP contribution in [0.2, 0.25) is 0 Å². The number of aliphatic hydroxyl groups is 5. The van der Waals surface area contributed by atoms with Gasteiger partial charge in [-0.2, -0.15) is 0 Å². The second-order valence-corrected chi connectivity index (χ2v) is 4.04. The van der Waals surface area contributed by atoms with Gasteiger partial charge in [-0.25, -0.2) is 9.59 Å². The Labute approximate surface area is 128 Å². The lowest BCUT2D eigenvalue weighted by molar-refractivity contribution is -0.146. The number of hydrogen-bond acceptors (Lipinski definition) is 8. The predicted molar refractivity (Wildman–Crippen MR) is 76.3 cm³/mol. The second-order valence-electron chi connectivity index (χ2n) is 4.04. The molecule has 134 valence electrons. The third kappa shape index (κ3) is 23.8. The molecule has 0 saturated carbocycles. The van der Waals surface area contributed by atoms with E-state index in [1.165, 1.54) is 13.8 Å². The number of rotatable bonds is 8. The molecular formula is C12H27NO9. The Morgan fingerprint density at radius 2 is 0.955 bits per heavy atom. The fourth-order valence-electron chi connectivity index (χ4n) is 0.760. The molecule has 0 aliphatic rings. The fraction of sp³-hybridized carbons (Fsp3) is 0.833. The van der Waals surface area contributed by atoms with Gasteiger partial charge in [0.25, 0.3) is 0 Å². The van der Waals surface area contributed by atoms with Crippen LogP contribution in [0.15, 0.2) is 0 Å². The third-order valence-corrected chi connectivity index (χ3v) is 1.96. The van der Waals surface area contributed by atoms with Crippen LogP contribution in [0.4, 0.5) is 0 Å². The van der Waals surface area contributed by atoms with Gasteiger partial charge >= 0.3 is 11.9 Å². The summed E-state index contributed by atoms with van der Waals surface area (Å²) in [7, 11) is 0. The number of nitrogens with zero attached hydrogens (tertiary/aromatic N) is 1. The highest BCUT2D eigenvalue weighted by molar-refractivity contribution is 5.71. The zero-order valence-corrected chi connectivity index (χ0v) is 12.8. The Hall–Kier alpha value is -1.30. The van der Waals surface area contributed by atoms with Crippen molar-refractivity contribution in [2.45, 2.75) is 26.1 Å². The Kier molecular flexibility index (Phi) is 20.7. The highest BCUT2D eigenvalue weighted by Gasteiger charge is 2.02. The van der Waals surface area contributed by atoms with Crippen molar-refractivity contribution in [1.29, 1.82) is 0 Å². The quantitative estimate of drug-likeness (QED) is 0.245. The third-order valence-electron chi connectivity index (χ3n) is 1.96. The standard InChI is InChI=1S/C6H15NO3.2C3H6O3/c8-4-1-7(2-5-9)3-6-10;2*1-2(4)3(5)6/h8-10H,1-6H2;2*2,4H,1H3,(H,5,6).